The van der Waals surface area contributed by atoms with Gasteiger partial charge in [-0.2, -0.15) is 0 Å². The molecule has 0 aromatic heterocycles. The number of sulfone groups is 1. The highest BCUT2D eigenvalue weighted by atomic mass is 35.5. The average molecular weight is 594 g/mol. The topological polar surface area (TPSA) is 104 Å². The van der Waals surface area contributed by atoms with Gasteiger partial charge in [-0.3, -0.25) is 4.90 Å². The largest absolute Gasteiger partial charge is 0.479 e. The van der Waals surface area contributed by atoms with Crippen molar-refractivity contribution in [3.05, 3.63) is 125 Å². The van der Waals surface area contributed by atoms with Crippen LogP contribution in [-0.4, -0.2) is 48.7 Å². The van der Waals surface area contributed by atoms with E-state index < -0.39 is 28.0 Å². The van der Waals surface area contributed by atoms with Crippen molar-refractivity contribution in [3.63, 3.8) is 0 Å². The van der Waals surface area contributed by atoms with Crippen LogP contribution in [0.3, 0.4) is 0 Å². The zero-order valence-electron chi connectivity index (χ0n) is 22.6. The van der Waals surface area contributed by atoms with Gasteiger partial charge in [-0.15, -0.1) is 0 Å². The molecule has 2 N–H and O–H groups in total. The van der Waals surface area contributed by atoms with E-state index in [0.717, 1.165) is 16.7 Å². The standard InChI is InChI=1S/C32H32ClNO6S/c1-23(32(36)37)40-28-12-16-30(17-13-28)41(38,39)29-14-10-24(11-15-29)18-19-34(21-25-6-3-2-4-7-25)22-31(35)26-8-5-9-27(33)20-26/h2-17,20,23,31,35H,18-19,21-22H2,1H3,(H,36,37)/t23-,31+/m1/s1. The molecule has 0 aliphatic heterocycles. The minimum Gasteiger partial charge on any atom is -0.479 e. The molecule has 4 aromatic carbocycles. The number of benzene rings is 4. The van der Waals surface area contributed by atoms with Gasteiger partial charge in [0, 0.05) is 24.7 Å². The van der Waals surface area contributed by atoms with Gasteiger partial charge in [-0.1, -0.05) is 66.2 Å². The molecular formula is C32H32ClNO6S. The van der Waals surface area contributed by atoms with E-state index in [1.54, 1.807) is 36.4 Å². The van der Waals surface area contributed by atoms with Crippen LogP contribution in [-0.2, 0) is 27.6 Å². The lowest BCUT2D eigenvalue weighted by molar-refractivity contribution is -0.144. The second-order valence-electron chi connectivity index (χ2n) is 9.76. The molecule has 0 unspecified atom stereocenters. The molecule has 41 heavy (non-hydrogen) atoms. The van der Waals surface area contributed by atoms with Crippen LogP contribution in [0.15, 0.2) is 113 Å². The summed E-state index contributed by atoms with van der Waals surface area (Å²) in [6, 6.07) is 29.7. The molecule has 9 heteroatoms. The number of nitrogens with zero attached hydrogens (tertiary/aromatic N) is 1. The van der Waals surface area contributed by atoms with Crippen molar-refractivity contribution in [2.24, 2.45) is 0 Å². The van der Waals surface area contributed by atoms with Crippen molar-refractivity contribution >= 4 is 27.4 Å². The monoisotopic (exact) mass is 593 g/mol. The third-order valence-electron chi connectivity index (χ3n) is 6.66. The van der Waals surface area contributed by atoms with Crippen LogP contribution in [0.25, 0.3) is 0 Å². The maximum atomic E-state index is 13.2. The molecule has 0 saturated heterocycles. The van der Waals surface area contributed by atoms with Crippen LogP contribution in [0.5, 0.6) is 5.75 Å². The summed E-state index contributed by atoms with van der Waals surface area (Å²) in [5, 5.41) is 20.5. The Labute approximate surface area is 245 Å². The van der Waals surface area contributed by atoms with Crippen molar-refractivity contribution in [3.8, 4) is 5.75 Å². The predicted octanol–water partition coefficient (Wildman–Crippen LogP) is 5.80. The molecule has 0 aliphatic carbocycles. The summed E-state index contributed by atoms with van der Waals surface area (Å²) in [6.07, 6.45) is -1.11. The molecule has 0 fully saturated rings. The van der Waals surface area contributed by atoms with Gasteiger partial charge in [-0.05, 0) is 78.6 Å². The fourth-order valence-electron chi connectivity index (χ4n) is 4.35. The number of carboxylic acid groups (broad SMARTS) is 1. The zero-order chi connectivity index (χ0) is 29.4. The zero-order valence-corrected chi connectivity index (χ0v) is 24.1. The highest BCUT2D eigenvalue weighted by molar-refractivity contribution is 7.91. The lowest BCUT2D eigenvalue weighted by Crippen LogP contribution is -2.30. The third kappa shape index (κ3) is 8.41. The average Bonchev–Trinajstić information content (AvgIpc) is 2.97. The first-order valence-corrected chi connectivity index (χ1v) is 15.0. The van der Waals surface area contributed by atoms with Crippen molar-refractivity contribution in [1.29, 1.82) is 0 Å². The molecule has 7 nitrogen and oxygen atoms in total. The van der Waals surface area contributed by atoms with E-state index in [1.807, 2.05) is 42.5 Å². The van der Waals surface area contributed by atoms with Gasteiger partial charge in [0.15, 0.2) is 6.10 Å². The van der Waals surface area contributed by atoms with Crippen molar-refractivity contribution in [1.82, 2.24) is 4.90 Å². The van der Waals surface area contributed by atoms with Gasteiger partial charge < -0.3 is 14.9 Å². The van der Waals surface area contributed by atoms with E-state index in [1.165, 1.54) is 31.2 Å². The minimum atomic E-state index is -3.77. The highest BCUT2D eigenvalue weighted by Gasteiger charge is 2.19. The number of rotatable bonds is 13. The first-order chi connectivity index (χ1) is 19.6. The molecule has 0 heterocycles. The number of aliphatic carboxylic acids is 1. The Balaban J connectivity index is 1.43. The molecule has 0 aliphatic rings. The Morgan fingerprint density at radius 1 is 0.878 bits per heavy atom. The summed E-state index contributed by atoms with van der Waals surface area (Å²) in [7, 11) is -3.77. The summed E-state index contributed by atoms with van der Waals surface area (Å²) >= 11 is 6.12. The highest BCUT2D eigenvalue weighted by Crippen LogP contribution is 2.25. The number of hydrogen-bond donors (Lipinski definition) is 2. The molecule has 4 aromatic rings. The third-order valence-corrected chi connectivity index (χ3v) is 8.68. The van der Waals surface area contributed by atoms with Crippen molar-refractivity contribution < 1.29 is 28.2 Å². The number of ether oxygens (including phenoxy) is 1. The number of halogens is 1. The number of hydrogen-bond acceptors (Lipinski definition) is 6. The fourth-order valence-corrected chi connectivity index (χ4v) is 5.81. The molecular weight excluding hydrogens is 562 g/mol. The first-order valence-electron chi connectivity index (χ1n) is 13.1. The smallest absolute Gasteiger partial charge is 0.344 e. The molecule has 0 spiro atoms. The van der Waals surface area contributed by atoms with Crippen LogP contribution >= 0.6 is 11.6 Å². The number of aliphatic hydroxyl groups is 1. The Morgan fingerprint density at radius 3 is 2.12 bits per heavy atom. The summed E-state index contributed by atoms with van der Waals surface area (Å²) < 4.78 is 31.6. The second kappa shape index (κ2) is 13.8. The molecule has 0 bridgehead atoms. The number of aliphatic hydroxyl groups excluding tert-OH is 1. The molecule has 0 amide bonds. The maximum Gasteiger partial charge on any atom is 0.344 e. The molecule has 0 radical (unpaired) electrons. The number of carbonyl (C=O) groups is 1. The van der Waals surface area contributed by atoms with Crippen LogP contribution in [0, 0.1) is 0 Å². The van der Waals surface area contributed by atoms with Crippen molar-refractivity contribution in [2.75, 3.05) is 13.1 Å². The van der Waals surface area contributed by atoms with Gasteiger partial charge in [0.2, 0.25) is 9.84 Å². The summed E-state index contributed by atoms with van der Waals surface area (Å²) in [4.78, 5) is 13.4. The maximum absolute atomic E-state index is 13.2. The van der Waals surface area contributed by atoms with Gasteiger partial charge in [0.1, 0.15) is 5.75 Å². The second-order valence-corrected chi connectivity index (χ2v) is 12.1. The van der Waals surface area contributed by atoms with E-state index >= 15 is 0 Å². The summed E-state index contributed by atoms with van der Waals surface area (Å²) in [6.45, 7) is 3.11. The van der Waals surface area contributed by atoms with Gasteiger partial charge >= 0.3 is 5.97 Å². The van der Waals surface area contributed by atoms with Gasteiger partial charge in [0.25, 0.3) is 0 Å². The summed E-state index contributed by atoms with van der Waals surface area (Å²) in [5.74, 6) is -0.836. The van der Waals surface area contributed by atoms with E-state index in [9.17, 15) is 18.3 Å². The van der Waals surface area contributed by atoms with Gasteiger partial charge in [-0.25, -0.2) is 13.2 Å². The summed E-state index contributed by atoms with van der Waals surface area (Å²) in [5.41, 5.74) is 2.84. The molecule has 214 valence electrons. The quantitative estimate of drug-likeness (QED) is 0.202. The molecule has 2 atom stereocenters. The van der Waals surface area contributed by atoms with E-state index in [-0.39, 0.29) is 15.5 Å². The lowest BCUT2D eigenvalue weighted by Gasteiger charge is -2.25. The van der Waals surface area contributed by atoms with Crippen LogP contribution < -0.4 is 4.74 Å². The van der Waals surface area contributed by atoms with Crippen molar-refractivity contribution in [2.45, 2.75) is 41.9 Å². The molecule has 0 saturated carbocycles. The van der Waals surface area contributed by atoms with Crippen LogP contribution in [0.4, 0.5) is 0 Å². The van der Waals surface area contributed by atoms with E-state index in [2.05, 4.69) is 4.90 Å². The lowest BCUT2D eigenvalue weighted by atomic mass is 10.1. The Bertz CT molecular complexity index is 1540. The van der Waals surface area contributed by atoms with E-state index in [4.69, 9.17) is 21.4 Å². The van der Waals surface area contributed by atoms with E-state index in [0.29, 0.717) is 31.1 Å². The predicted molar refractivity (Wildman–Crippen MR) is 158 cm³/mol. The Kier molecular flexibility index (Phi) is 10.2. The minimum absolute atomic E-state index is 0.0876. The van der Waals surface area contributed by atoms with Crippen LogP contribution in [0.1, 0.15) is 29.7 Å². The Morgan fingerprint density at radius 2 is 1.51 bits per heavy atom. The van der Waals surface area contributed by atoms with Crippen LogP contribution in [0.2, 0.25) is 5.02 Å². The van der Waals surface area contributed by atoms with Gasteiger partial charge in [0.05, 0.1) is 15.9 Å². The first kappa shape index (κ1) is 30.3. The Hall–Kier alpha value is -3.69. The molecule has 4 rings (SSSR count). The fraction of sp³-hybridized carbons (Fsp3) is 0.219. The normalized spacial score (nSPS) is 13.1. The SMILES string of the molecule is C[C@@H](Oc1ccc(S(=O)(=O)c2ccc(CCN(Cc3ccccc3)C[C@H](O)c3cccc(Cl)c3)cc2)cc1)C(=O)O. The number of carboxylic acids is 1.